The van der Waals surface area contributed by atoms with E-state index in [1.807, 2.05) is 31.4 Å². The van der Waals surface area contributed by atoms with Crippen LogP contribution < -0.4 is 10.6 Å². The Hall–Kier alpha value is -1.09. The Labute approximate surface area is 84.9 Å². The van der Waals surface area contributed by atoms with Crippen LogP contribution in [0.4, 0.5) is 5.82 Å². The Bertz CT molecular complexity index is 280. The molecule has 0 unspecified atom stereocenters. The van der Waals surface area contributed by atoms with Crippen molar-refractivity contribution in [1.29, 1.82) is 0 Å². The number of aromatic nitrogens is 1. The smallest absolute Gasteiger partial charge is 0.125 e. The third-order valence-electron chi connectivity index (χ3n) is 2.82. The number of nitrogens with one attached hydrogen (secondary N) is 2. The fourth-order valence-electron chi connectivity index (χ4n) is 1.71. The number of hydrogen-bond acceptors (Lipinski definition) is 3. The van der Waals surface area contributed by atoms with Crippen LogP contribution in [-0.4, -0.2) is 25.1 Å². The lowest BCUT2D eigenvalue weighted by molar-refractivity contribution is 0.506. The molecule has 14 heavy (non-hydrogen) atoms. The SMILES string of the molecule is CNCC1(CNc2ccccn2)CC1. The van der Waals surface area contributed by atoms with Gasteiger partial charge >= 0.3 is 0 Å². The van der Waals surface area contributed by atoms with Gasteiger partial charge in [-0.15, -0.1) is 0 Å². The Morgan fingerprint density at radius 1 is 1.36 bits per heavy atom. The monoisotopic (exact) mass is 191 g/mol. The maximum atomic E-state index is 4.24. The molecule has 2 rings (SSSR count). The molecule has 0 bridgehead atoms. The van der Waals surface area contributed by atoms with Gasteiger partial charge in [0.2, 0.25) is 0 Å². The van der Waals surface area contributed by atoms with Gasteiger partial charge in [-0.1, -0.05) is 6.07 Å². The van der Waals surface area contributed by atoms with E-state index < -0.39 is 0 Å². The summed E-state index contributed by atoms with van der Waals surface area (Å²) in [7, 11) is 2.01. The highest BCUT2D eigenvalue weighted by molar-refractivity contribution is 5.34. The molecular formula is C11H17N3. The van der Waals surface area contributed by atoms with Gasteiger partial charge in [-0.2, -0.15) is 0 Å². The summed E-state index contributed by atoms with van der Waals surface area (Å²) >= 11 is 0. The zero-order valence-electron chi connectivity index (χ0n) is 8.59. The summed E-state index contributed by atoms with van der Waals surface area (Å²) in [6.45, 7) is 2.14. The summed E-state index contributed by atoms with van der Waals surface area (Å²) in [5.74, 6) is 0.981. The van der Waals surface area contributed by atoms with E-state index in [0.29, 0.717) is 5.41 Å². The number of nitrogens with zero attached hydrogens (tertiary/aromatic N) is 1. The molecule has 0 spiro atoms. The summed E-state index contributed by atoms with van der Waals surface area (Å²) in [6.07, 6.45) is 4.47. The summed E-state index contributed by atoms with van der Waals surface area (Å²) in [5, 5.41) is 6.63. The Kier molecular flexibility index (Phi) is 2.68. The molecule has 1 heterocycles. The van der Waals surface area contributed by atoms with Crippen molar-refractivity contribution in [1.82, 2.24) is 10.3 Å². The summed E-state index contributed by atoms with van der Waals surface area (Å²) in [5.41, 5.74) is 0.492. The van der Waals surface area contributed by atoms with Crippen LogP contribution in [0.15, 0.2) is 24.4 Å². The van der Waals surface area contributed by atoms with E-state index in [1.165, 1.54) is 12.8 Å². The van der Waals surface area contributed by atoms with Crippen LogP contribution >= 0.6 is 0 Å². The Morgan fingerprint density at radius 3 is 2.79 bits per heavy atom. The molecule has 0 amide bonds. The highest BCUT2D eigenvalue weighted by Gasteiger charge is 2.41. The fraction of sp³-hybridized carbons (Fsp3) is 0.545. The van der Waals surface area contributed by atoms with Crippen molar-refractivity contribution in [2.75, 3.05) is 25.5 Å². The molecule has 1 saturated carbocycles. The highest BCUT2D eigenvalue weighted by Crippen LogP contribution is 2.44. The molecule has 3 nitrogen and oxygen atoms in total. The van der Waals surface area contributed by atoms with Gasteiger partial charge in [-0.25, -0.2) is 4.98 Å². The van der Waals surface area contributed by atoms with Crippen molar-refractivity contribution in [3.8, 4) is 0 Å². The number of anilines is 1. The topological polar surface area (TPSA) is 37.0 Å². The molecule has 3 heteroatoms. The van der Waals surface area contributed by atoms with Crippen molar-refractivity contribution >= 4 is 5.82 Å². The van der Waals surface area contributed by atoms with Crippen LogP contribution in [0.25, 0.3) is 0 Å². The van der Waals surface area contributed by atoms with Crippen LogP contribution in [0.3, 0.4) is 0 Å². The van der Waals surface area contributed by atoms with Gasteiger partial charge in [0.25, 0.3) is 0 Å². The maximum absolute atomic E-state index is 4.24. The Morgan fingerprint density at radius 2 is 2.21 bits per heavy atom. The minimum absolute atomic E-state index is 0.492. The molecule has 76 valence electrons. The van der Waals surface area contributed by atoms with E-state index in [0.717, 1.165) is 18.9 Å². The molecule has 1 aliphatic carbocycles. The van der Waals surface area contributed by atoms with Crippen molar-refractivity contribution < 1.29 is 0 Å². The van der Waals surface area contributed by atoms with Crippen LogP contribution in [0.1, 0.15) is 12.8 Å². The number of pyridine rings is 1. The first kappa shape index (κ1) is 9.46. The van der Waals surface area contributed by atoms with Crippen LogP contribution in [0, 0.1) is 5.41 Å². The molecule has 1 aliphatic rings. The first-order chi connectivity index (χ1) is 6.85. The molecule has 0 radical (unpaired) electrons. The predicted molar refractivity (Wildman–Crippen MR) is 58.3 cm³/mol. The van der Waals surface area contributed by atoms with E-state index in [2.05, 4.69) is 15.6 Å². The molecule has 0 saturated heterocycles. The first-order valence-electron chi connectivity index (χ1n) is 5.14. The average molecular weight is 191 g/mol. The minimum atomic E-state index is 0.492. The van der Waals surface area contributed by atoms with Crippen LogP contribution in [0.2, 0.25) is 0 Å². The summed E-state index contributed by atoms with van der Waals surface area (Å²) in [6, 6.07) is 5.95. The van der Waals surface area contributed by atoms with E-state index in [9.17, 15) is 0 Å². The van der Waals surface area contributed by atoms with Crippen molar-refractivity contribution in [3.63, 3.8) is 0 Å². The van der Waals surface area contributed by atoms with Crippen molar-refractivity contribution in [2.45, 2.75) is 12.8 Å². The van der Waals surface area contributed by atoms with Gasteiger partial charge in [0.1, 0.15) is 5.82 Å². The second-order valence-corrected chi connectivity index (χ2v) is 4.10. The summed E-state index contributed by atoms with van der Waals surface area (Å²) in [4.78, 5) is 4.24. The van der Waals surface area contributed by atoms with Gasteiger partial charge in [0.15, 0.2) is 0 Å². The predicted octanol–water partition coefficient (Wildman–Crippen LogP) is 1.49. The van der Waals surface area contributed by atoms with Gasteiger partial charge in [0, 0.05) is 24.7 Å². The third kappa shape index (κ3) is 2.23. The van der Waals surface area contributed by atoms with Gasteiger partial charge < -0.3 is 10.6 Å². The Balaban J connectivity index is 1.83. The lowest BCUT2D eigenvalue weighted by atomic mass is 10.1. The molecule has 1 aromatic rings. The van der Waals surface area contributed by atoms with Crippen LogP contribution in [-0.2, 0) is 0 Å². The molecule has 1 fully saturated rings. The van der Waals surface area contributed by atoms with E-state index in [4.69, 9.17) is 0 Å². The zero-order valence-corrected chi connectivity index (χ0v) is 8.59. The molecule has 0 aliphatic heterocycles. The second-order valence-electron chi connectivity index (χ2n) is 4.10. The largest absolute Gasteiger partial charge is 0.369 e. The average Bonchev–Trinajstić information content (AvgIpc) is 2.98. The minimum Gasteiger partial charge on any atom is -0.369 e. The molecule has 2 N–H and O–H groups in total. The van der Waals surface area contributed by atoms with Gasteiger partial charge in [-0.3, -0.25) is 0 Å². The number of hydrogen-bond donors (Lipinski definition) is 2. The third-order valence-corrected chi connectivity index (χ3v) is 2.82. The molecule has 0 atom stereocenters. The van der Waals surface area contributed by atoms with Crippen molar-refractivity contribution in [3.05, 3.63) is 24.4 Å². The van der Waals surface area contributed by atoms with Gasteiger partial charge in [-0.05, 0) is 32.0 Å². The zero-order chi connectivity index (χ0) is 9.86. The maximum Gasteiger partial charge on any atom is 0.125 e. The molecular weight excluding hydrogens is 174 g/mol. The summed E-state index contributed by atoms with van der Waals surface area (Å²) < 4.78 is 0. The lowest BCUT2D eigenvalue weighted by Gasteiger charge is -2.15. The second kappa shape index (κ2) is 3.96. The fourth-order valence-corrected chi connectivity index (χ4v) is 1.71. The van der Waals surface area contributed by atoms with Gasteiger partial charge in [0.05, 0.1) is 0 Å². The van der Waals surface area contributed by atoms with E-state index in [-0.39, 0.29) is 0 Å². The normalized spacial score (nSPS) is 17.8. The number of rotatable bonds is 5. The quantitative estimate of drug-likeness (QED) is 0.740. The standard InChI is InChI=1S/C11H17N3/c1-12-8-11(5-6-11)9-14-10-4-2-3-7-13-10/h2-4,7,12H,5-6,8-9H2,1H3,(H,13,14). The first-order valence-corrected chi connectivity index (χ1v) is 5.14. The lowest BCUT2D eigenvalue weighted by Crippen LogP contribution is -2.27. The van der Waals surface area contributed by atoms with E-state index >= 15 is 0 Å². The highest BCUT2D eigenvalue weighted by atomic mass is 15.0. The van der Waals surface area contributed by atoms with Crippen molar-refractivity contribution in [2.24, 2.45) is 5.41 Å². The molecule has 0 aromatic carbocycles. The molecule has 1 aromatic heterocycles. The van der Waals surface area contributed by atoms with E-state index in [1.54, 1.807) is 0 Å². The van der Waals surface area contributed by atoms with Crippen LogP contribution in [0.5, 0.6) is 0 Å².